The molecule has 186 valence electrons. The predicted molar refractivity (Wildman–Crippen MR) is 130 cm³/mol. The molecule has 1 heterocycles. The van der Waals surface area contributed by atoms with E-state index in [0.29, 0.717) is 36.2 Å². The summed E-state index contributed by atoms with van der Waals surface area (Å²) in [5, 5.41) is 20.0. The third kappa shape index (κ3) is 6.72. The first-order valence-corrected chi connectivity index (χ1v) is 11.2. The summed E-state index contributed by atoms with van der Waals surface area (Å²) in [5.74, 6) is -1.52. The molecule has 0 saturated carbocycles. The Labute approximate surface area is 203 Å². The Hall–Kier alpha value is -4.08. The van der Waals surface area contributed by atoms with Crippen molar-refractivity contribution < 1.29 is 29.0 Å². The quantitative estimate of drug-likeness (QED) is 0.269. The molecule has 1 saturated heterocycles. The summed E-state index contributed by atoms with van der Waals surface area (Å²) in [7, 11) is 0. The molecule has 35 heavy (non-hydrogen) atoms. The first-order chi connectivity index (χ1) is 16.4. The second-order valence-corrected chi connectivity index (χ2v) is 9.20. The number of anilines is 1. The zero-order valence-corrected chi connectivity index (χ0v) is 20.0. The van der Waals surface area contributed by atoms with Gasteiger partial charge in [0.25, 0.3) is 11.8 Å². The van der Waals surface area contributed by atoms with E-state index in [9.17, 15) is 19.5 Å². The van der Waals surface area contributed by atoms with Crippen molar-refractivity contribution in [2.45, 2.75) is 45.3 Å². The summed E-state index contributed by atoms with van der Waals surface area (Å²) in [5.41, 5.74) is 5.98. The van der Waals surface area contributed by atoms with Crippen molar-refractivity contribution in [2.24, 2.45) is 5.73 Å². The molecule has 0 aliphatic carbocycles. The molecule has 2 aromatic rings. The number of nitrogen functional groups attached to an aromatic ring is 1. The average Bonchev–Trinajstić information content (AvgIpc) is 3.27. The van der Waals surface area contributed by atoms with Gasteiger partial charge in [0.05, 0.1) is 0 Å². The molecule has 2 aromatic carbocycles. The molecule has 1 aliphatic rings. The van der Waals surface area contributed by atoms with Crippen LogP contribution in [0.2, 0.25) is 0 Å². The molecule has 0 bridgehead atoms. The molecular weight excluding hydrogens is 452 g/mol. The highest BCUT2D eigenvalue weighted by molar-refractivity contribution is 5.98. The van der Waals surface area contributed by atoms with Crippen molar-refractivity contribution in [3.05, 3.63) is 53.6 Å². The topological polar surface area (TPSA) is 155 Å². The number of benzene rings is 2. The molecular formula is C25H30N4O6. The minimum Gasteiger partial charge on any atom is -0.504 e. The highest BCUT2D eigenvalue weighted by atomic mass is 16.6. The number of amidine groups is 1. The van der Waals surface area contributed by atoms with Crippen molar-refractivity contribution >= 4 is 29.3 Å². The minimum absolute atomic E-state index is 0.0268. The summed E-state index contributed by atoms with van der Waals surface area (Å²) in [4.78, 5) is 39.3. The van der Waals surface area contributed by atoms with E-state index in [4.69, 9.17) is 20.6 Å². The summed E-state index contributed by atoms with van der Waals surface area (Å²) < 4.78 is 10.8. The van der Waals surface area contributed by atoms with E-state index < -0.39 is 23.5 Å². The number of nitrogens with two attached hydrogens (primary N) is 1. The van der Waals surface area contributed by atoms with Crippen molar-refractivity contribution in [2.75, 3.05) is 18.5 Å². The Balaban J connectivity index is 1.58. The highest BCUT2D eigenvalue weighted by Crippen LogP contribution is 2.27. The number of ether oxygens (including phenoxy) is 2. The molecule has 1 fully saturated rings. The van der Waals surface area contributed by atoms with Crippen LogP contribution in [0.25, 0.3) is 0 Å². The lowest BCUT2D eigenvalue weighted by molar-refractivity contribution is -0.159. The number of likely N-dealkylation sites (tertiary alicyclic amines) is 1. The maximum atomic E-state index is 13.0. The number of nitrogens with one attached hydrogen (secondary N) is 2. The monoisotopic (exact) mass is 482 g/mol. The van der Waals surface area contributed by atoms with E-state index >= 15 is 0 Å². The Bertz CT molecular complexity index is 1120. The molecule has 3 rings (SSSR count). The summed E-state index contributed by atoms with van der Waals surface area (Å²) in [6.45, 7) is 5.44. The third-order valence-corrected chi connectivity index (χ3v) is 5.24. The zero-order chi connectivity index (χ0) is 25.8. The normalized spacial score (nSPS) is 15.4. The van der Waals surface area contributed by atoms with Crippen molar-refractivity contribution in [1.29, 1.82) is 5.41 Å². The van der Waals surface area contributed by atoms with Gasteiger partial charge < -0.3 is 30.5 Å². The molecule has 10 nitrogen and oxygen atoms in total. The largest absolute Gasteiger partial charge is 0.504 e. The second-order valence-electron chi connectivity index (χ2n) is 9.20. The van der Waals surface area contributed by atoms with Gasteiger partial charge in [0.2, 0.25) is 0 Å². The minimum atomic E-state index is -0.632. The molecule has 1 aliphatic heterocycles. The van der Waals surface area contributed by atoms with Gasteiger partial charge >= 0.3 is 5.97 Å². The predicted octanol–water partition coefficient (Wildman–Crippen LogP) is 2.64. The van der Waals surface area contributed by atoms with Crippen LogP contribution in [0.3, 0.4) is 0 Å². The lowest BCUT2D eigenvalue weighted by atomic mass is 10.1. The first-order valence-electron chi connectivity index (χ1n) is 11.2. The fourth-order valence-electron chi connectivity index (χ4n) is 3.62. The third-order valence-electron chi connectivity index (χ3n) is 5.24. The highest BCUT2D eigenvalue weighted by Gasteiger charge is 2.37. The number of hydrogen-bond acceptors (Lipinski definition) is 7. The van der Waals surface area contributed by atoms with Crippen LogP contribution in [0.5, 0.6) is 11.5 Å². The van der Waals surface area contributed by atoms with Gasteiger partial charge in [-0.05, 0) is 76.1 Å². The first kappa shape index (κ1) is 25.5. The van der Waals surface area contributed by atoms with Crippen molar-refractivity contribution in [1.82, 2.24) is 4.90 Å². The number of carbonyl (C=O) groups excluding carboxylic acids is 3. The molecule has 5 N–H and O–H groups in total. The van der Waals surface area contributed by atoms with Gasteiger partial charge in [-0.25, -0.2) is 4.79 Å². The number of amides is 2. The lowest BCUT2D eigenvalue weighted by Crippen LogP contribution is -2.43. The van der Waals surface area contributed by atoms with E-state index in [2.05, 4.69) is 5.32 Å². The number of phenolic OH excluding ortho intramolecular Hbond substituents is 1. The number of phenols is 1. The fraction of sp³-hybridized carbons (Fsp3) is 0.360. The smallest absolute Gasteiger partial charge is 0.329 e. The number of rotatable bonds is 7. The van der Waals surface area contributed by atoms with Crippen LogP contribution in [0.1, 0.15) is 49.5 Å². The van der Waals surface area contributed by atoms with Crippen LogP contribution in [-0.2, 0) is 14.3 Å². The maximum Gasteiger partial charge on any atom is 0.329 e. The molecule has 1 atom stereocenters. The van der Waals surface area contributed by atoms with E-state index in [0.717, 1.165) is 0 Å². The van der Waals surface area contributed by atoms with Crippen LogP contribution < -0.4 is 15.8 Å². The number of hydrogen-bond donors (Lipinski definition) is 4. The maximum absolute atomic E-state index is 13.0. The zero-order valence-electron chi connectivity index (χ0n) is 20.0. The Morgan fingerprint density at radius 1 is 1.14 bits per heavy atom. The van der Waals surface area contributed by atoms with Gasteiger partial charge in [0.1, 0.15) is 17.5 Å². The summed E-state index contributed by atoms with van der Waals surface area (Å²) >= 11 is 0. The number of carbonyl (C=O) groups is 3. The van der Waals surface area contributed by atoms with Gasteiger partial charge in [-0.2, -0.15) is 0 Å². The van der Waals surface area contributed by atoms with Gasteiger partial charge in [-0.3, -0.25) is 15.0 Å². The van der Waals surface area contributed by atoms with E-state index in [-0.39, 0.29) is 29.8 Å². The van der Waals surface area contributed by atoms with Crippen LogP contribution in [-0.4, -0.2) is 58.4 Å². The van der Waals surface area contributed by atoms with Crippen molar-refractivity contribution in [3.63, 3.8) is 0 Å². The fourth-order valence-corrected chi connectivity index (χ4v) is 3.62. The standard InChI is InChI=1S/C25H30N4O6/c1-25(2,3)35-24(33)18-5-4-12-29(18)23(32)15-6-9-17(10-7-15)28-21(31)14-34-20-13-16(22(26)27)8-11-19(20)30/h6-11,13,18,30H,4-5,12,14H2,1-3H3,(H3,26,27)(H,28,31). The van der Waals surface area contributed by atoms with Crippen LogP contribution in [0.15, 0.2) is 42.5 Å². The molecule has 0 spiro atoms. The molecule has 2 amide bonds. The number of aromatic hydroxyl groups is 1. The molecule has 1 unspecified atom stereocenters. The number of nitrogens with zero attached hydrogens (tertiary/aromatic N) is 1. The Morgan fingerprint density at radius 3 is 2.43 bits per heavy atom. The van der Waals surface area contributed by atoms with Crippen molar-refractivity contribution in [3.8, 4) is 11.5 Å². The lowest BCUT2D eigenvalue weighted by Gasteiger charge is -2.27. The van der Waals surface area contributed by atoms with Gasteiger partial charge in [0.15, 0.2) is 18.1 Å². The van der Waals surface area contributed by atoms with Gasteiger partial charge in [-0.1, -0.05) is 0 Å². The number of esters is 1. The Morgan fingerprint density at radius 2 is 1.80 bits per heavy atom. The second kappa shape index (κ2) is 10.5. The van der Waals surface area contributed by atoms with E-state index in [1.165, 1.54) is 23.1 Å². The summed E-state index contributed by atoms with van der Waals surface area (Å²) in [6.07, 6.45) is 1.27. The molecule has 10 heteroatoms. The molecule has 0 radical (unpaired) electrons. The van der Waals surface area contributed by atoms with Crippen LogP contribution in [0.4, 0.5) is 5.69 Å². The van der Waals surface area contributed by atoms with E-state index in [1.807, 2.05) is 0 Å². The van der Waals surface area contributed by atoms with Crippen LogP contribution >= 0.6 is 0 Å². The van der Waals surface area contributed by atoms with Crippen LogP contribution in [0, 0.1) is 5.41 Å². The Kier molecular flexibility index (Phi) is 7.63. The average molecular weight is 483 g/mol. The summed E-state index contributed by atoms with van der Waals surface area (Å²) in [6, 6.07) is 9.86. The van der Waals surface area contributed by atoms with Gasteiger partial charge in [-0.15, -0.1) is 0 Å². The van der Waals surface area contributed by atoms with Gasteiger partial charge in [0, 0.05) is 23.4 Å². The molecule has 0 aromatic heterocycles. The van der Waals surface area contributed by atoms with E-state index in [1.54, 1.807) is 45.0 Å². The SMILES string of the molecule is CC(C)(C)OC(=O)C1CCCN1C(=O)c1ccc(NC(=O)COc2cc(C(=N)N)ccc2O)cc1.